The van der Waals surface area contributed by atoms with Crippen LogP contribution in [-0.2, 0) is 11.2 Å². The van der Waals surface area contributed by atoms with Gasteiger partial charge in [-0.05, 0) is 12.1 Å². The standard InChI is InChI=1S/C19H13ClN2O2S/c20-15-8-4-5-9-17(15)24-18(23)10-14-12-25-19-21-16(11-22(14)19)13-6-2-1-3-7-13/h1-9,11-12H,10H2. The summed E-state index contributed by atoms with van der Waals surface area (Å²) in [5, 5.41) is 2.34. The minimum atomic E-state index is -0.359. The molecule has 0 amide bonds. The number of para-hydroxylation sites is 1. The van der Waals surface area contributed by atoms with E-state index in [0.717, 1.165) is 21.9 Å². The Bertz CT molecular complexity index is 1040. The van der Waals surface area contributed by atoms with Crippen molar-refractivity contribution in [2.24, 2.45) is 0 Å². The summed E-state index contributed by atoms with van der Waals surface area (Å²) in [6.07, 6.45) is 2.09. The van der Waals surface area contributed by atoms with Gasteiger partial charge in [-0.1, -0.05) is 54.1 Å². The van der Waals surface area contributed by atoms with E-state index < -0.39 is 0 Å². The van der Waals surface area contributed by atoms with Gasteiger partial charge < -0.3 is 4.74 Å². The van der Waals surface area contributed by atoms with Crippen molar-refractivity contribution in [1.82, 2.24) is 9.38 Å². The highest BCUT2D eigenvalue weighted by Crippen LogP contribution is 2.26. The number of thiazole rings is 1. The summed E-state index contributed by atoms with van der Waals surface area (Å²) >= 11 is 7.52. The Morgan fingerprint density at radius 3 is 2.68 bits per heavy atom. The van der Waals surface area contributed by atoms with Gasteiger partial charge in [0.25, 0.3) is 0 Å². The second kappa shape index (κ2) is 6.70. The van der Waals surface area contributed by atoms with Crippen molar-refractivity contribution in [2.75, 3.05) is 0 Å². The van der Waals surface area contributed by atoms with Crippen LogP contribution in [0.15, 0.2) is 66.2 Å². The molecule has 25 heavy (non-hydrogen) atoms. The maximum Gasteiger partial charge on any atom is 0.317 e. The van der Waals surface area contributed by atoms with Gasteiger partial charge >= 0.3 is 5.97 Å². The van der Waals surface area contributed by atoms with E-state index in [1.807, 2.05) is 46.3 Å². The molecule has 0 saturated carbocycles. The van der Waals surface area contributed by atoms with Crippen molar-refractivity contribution in [3.05, 3.63) is 76.9 Å². The zero-order valence-corrected chi connectivity index (χ0v) is 14.6. The van der Waals surface area contributed by atoms with Gasteiger partial charge in [0.1, 0.15) is 5.75 Å². The molecule has 4 nitrogen and oxygen atoms in total. The number of carbonyl (C=O) groups excluding carboxylic acids is 1. The zero-order chi connectivity index (χ0) is 17.2. The van der Waals surface area contributed by atoms with Gasteiger partial charge in [0.05, 0.1) is 17.1 Å². The lowest BCUT2D eigenvalue weighted by molar-refractivity contribution is -0.133. The number of fused-ring (bicyclic) bond motifs is 1. The summed E-state index contributed by atoms with van der Waals surface area (Å²) in [5.74, 6) is 0.0130. The maximum absolute atomic E-state index is 12.2. The molecule has 0 fully saturated rings. The van der Waals surface area contributed by atoms with E-state index in [1.54, 1.807) is 24.3 Å². The van der Waals surface area contributed by atoms with Crippen LogP contribution in [0.4, 0.5) is 0 Å². The number of esters is 1. The summed E-state index contributed by atoms with van der Waals surface area (Å²) in [6.45, 7) is 0. The lowest BCUT2D eigenvalue weighted by Crippen LogP contribution is -2.12. The van der Waals surface area contributed by atoms with E-state index in [4.69, 9.17) is 16.3 Å². The monoisotopic (exact) mass is 368 g/mol. The highest BCUT2D eigenvalue weighted by Gasteiger charge is 2.14. The van der Waals surface area contributed by atoms with E-state index >= 15 is 0 Å². The minimum absolute atomic E-state index is 0.149. The molecule has 6 heteroatoms. The molecule has 0 spiro atoms. The first-order chi connectivity index (χ1) is 12.2. The summed E-state index contributed by atoms with van der Waals surface area (Å²) in [4.78, 5) is 17.7. The van der Waals surface area contributed by atoms with Crippen LogP contribution in [0.25, 0.3) is 16.2 Å². The number of hydrogen-bond donors (Lipinski definition) is 0. The van der Waals surface area contributed by atoms with Crippen molar-refractivity contribution in [1.29, 1.82) is 0 Å². The molecule has 0 unspecified atom stereocenters. The number of imidazole rings is 1. The molecule has 0 atom stereocenters. The molecule has 0 bridgehead atoms. The predicted octanol–water partition coefficient (Wildman–Crippen LogP) is 4.86. The SMILES string of the molecule is O=C(Cc1csc2nc(-c3ccccc3)cn12)Oc1ccccc1Cl. The van der Waals surface area contributed by atoms with E-state index in [-0.39, 0.29) is 12.4 Å². The van der Waals surface area contributed by atoms with Crippen LogP contribution in [0.2, 0.25) is 5.02 Å². The number of halogens is 1. The Kier molecular flexibility index (Phi) is 4.26. The molecule has 0 aliphatic carbocycles. The molecule has 4 rings (SSSR count). The number of ether oxygens (including phenoxy) is 1. The third-order valence-electron chi connectivity index (χ3n) is 3.74. The van der Waals surface area contributed by atoms with Crippen LogP contribution < -0.4 is 4.74 Å². The van der Waals surface area contributed by atoms with Crippen molar-refractivity contribution >= 4 is 33.9 Å². The van der Waals surface area contributed by atoms with Crippen molar-refractivity contribution in [3.63, 3.8) is 0 Å². The van der Waals surface area contributed by atoms with Gasteiger partial charge in [-0.15, -0.1) is 11.3 Å². The van der Waals surface area contributed by atoms with Gasteiger partial charge in [-0.2, -0.15) is 0 Å². The topological polar surface area (TPSA) is 43.6 Å². The van der Waals surface area contributed by atoms with Gasteiger partial charge in [0.2, 0.25) is 0 Å². The van der Waals surface area contributed by atoms with E-state index in [1.165, 1.54) is 11.3 Å². The van der Waals surface area contributed by atoms with Gasteiger partial charge in [0, 0.05) is 22.8 Å². The molecule has 2 heterocycles. The maximum atomic E-state index is 12.2. The van der Waals surface area contributed by atoms with Crippen LogP contribution in [-0.4, -0.2) is 15.4 Å². The number of nitrogens with zero attached hydrogens (tertiary/aromatic N) is 2. The Balaban J connectivity index is 1.56. The number of benzene rings is 2. The fourth-order valence-corrected chi connectivity index (χ4v) is 3.59. The summed E-state index contributed by atoms with van der Waals surface area (Å²) in [7, 11) is 0. The Labute approximate surface area is 153 Å². The highest BCUT2D eigenvalue weighted by atomic mass is 35.5. The Morgan fingerprint density at radius 1 is 1.12 bits per heavy atom. The first-order valence-electron chi connectivity index (χ1n) is 7.67. The second-order valence-corrected chi connectivity index (χ2v) is 6.70. The molecule has 0 aliphatic rings. The molecule has 124 valence electrons. The average molecular weight is 369 g/mol. The van der Waals surface area contributed by atoms with Crippen molar-refractivity contribution in [2.45, 2.75) is 6.42 Å². The van der Waals surface area contributed by atoms with Crippen molar-refractivity contribution < 1.29 is 9.53 Å². The summed E-state index contributed by atoms with van der Waals surface area (Å²) in [5.41, 5.74) is 2.77. The Morgan fingerprint density at radius 2 is 1.88 bits per heavy atom. The highest BCUT2D eigenvalue weighted by molar-refractivity contribution is 7.15. The summed E-state index contributed by atoms with van der Waals surface area (Å²) < 4.78 is 7.29. The van der Waals surface area contributed by atoms with Gasteiger partial charge in [-0.3, -0.25) is 9.20 Å². The predicted molar refractivity (Wildman–Crippen MR) is 99.3 cm³/mol. The molecule has 4 aromatic rings. The first-order valence-corrected chi connectivity index (χ1v) is 8.92. The molecular formula is C19H13ClN2O2S. The van der Waals surface area contributed by atoms with Crippen LogP contribution in [0, 0.1) is 0 Å². The largest absolute Gasteiger partial charge is 0.425 e. The molecule has 0 aliphatic heterocycles. The fourth-order valence-electron chi connectivity index (χ4n) is 2.54. The molecule has 2 aromatic heterocycles. The van der Waals surface area contributed by atoms with Crippen LogP contribution in [0.1, 0.15) is 5.69 Å². The van der Waals surface area contributed by atoms with Crippen LogP contribution in [0.5, 0.6) is 5.75 Å². The van der Waals surface area contributed by atoms with Crippen LogP contribution in [0.3, 0.4) is 0 Å². The number of rotatable bonds is 4. The van der Waals surface area contributed by atoms with Crippen LogP contribution >= 0.6 is 22.9 Å². The van der Waals surface area contributed by atoms with Gasteiger partial charge in [-0.25, -0.2) is 4.98 Å². The third-order valence-corrected chi connectivity index (χ3v) is 4.94. The smallest absolute Gasteiger partial charge is 0.317 e. The fraction of sp³-hybridized carbons (Fsp3) is 0.0526. The zero-order valence-electron chi connectivity index (χ0n) is 13.1. The first kappa shape index (κ1) is 15.9. The number of carbonyl (C=O) groups is 1. The molecule has 0 N–H and O–H groups in total. The molecule has 2 aromatic carbocycles. The molecule has 0 radical (unpaired) electrons. The lowest BCUT2D eigenvalue weighted by Gasteiger charge is -2.05. The quantitative estimate of drug-likeness (QED) is 0.381. The normalized spacial score (nSPS) is 10.9. The molecular weight excluding hydrogens is 356 g/mol. The average Bonchev–Trinajstić information content (AvgIpc) is 3.20. The summed E-state index contributed by atoms with van der Waals surface area (Å²) in [6, 6.07) is 16.9. The second-order valence-electron chi connectivity index (χ2n) is 5.45. The third kappa shape index (κ3) is 3.29. The van der Waals surface area contributed by atoms with Gasteiger partial charge in [0.15, 0.2) is 4.96 Å². The number of hydrogen-bond acceptors (Lipinski definition) is 4. The molecule has 0 saturated heterocycles. The van der Waals surface area contributed by atoms with Crippen molar-refractivity contribution in [3.8, 4) is 17.0 Å². The number of aromatic nitrogens is 2. The van der Waals surface area contributed by atoms with E-state index in [0.29, 0.717) is 10.8 Å². The lowest BCUT2D eigenvalue weighted by atomic mass is 10.2. The minimum Gasteiger partial charge on any atom is -0.425 e. The Hall–Kier alpha value is -2.63. The van der Waals surface area contributed by atoms with E-state index in [9.17, 15) is 4.79 Å². The van der Waals surface area contributed by atoms with E-state index in [2.05, 4.69) is 4.98 Å².